The summed E-state index contributed by atoms with van der Waals surface area (Å²) in [6.45, 7) is 0. The lowest BCUT2D eigenvalue weighted by molar-refractivity contribution is 0.628. The molecule has 0 aliphatic rings. The standard InChI is InChI=1S/C13H9BrFN3/c14-8-4-5-11-12(6-8)18-13(17-11)16-10-3-1-2-9(15)7-10/h1-7H,(H2,16,17,18). The fourth-order valence-corrected chi connectivity index (χ4v) is 2.11. The molecule has 0 spiro atoms. The zero-order chi connectivity index (χ0) is 12.5. The molecule has 1 aromatic heterocycles. The number of halogens is 2. The SMILES string of the molecule is Fc1cccc(Nc2nc3ccc(Br)cc3[nH]2)c1. The molecular weight excluding hydrogens is 297 g/mol. The number of rotatable bonds is 2. The van der Waals surface area contributed by atoms with Crippen molar-refractivity contribution in [1.82, 2.24) is 9.97 Å². The third kappa shape index (κ3) is 2.22. The highest BCUT2D eigenvalue weighted by Gasteiger charge is 2.03. The highest BCUT2D eigenvalue weighted by Crippen LogP contribution is 2.21. The quantitative estimate of drug-likeness (QED) is 0.744. The van der Waals surface area contributed by atoms with E-state index in [1.807, 2.05) is 18.2 Å². The average Bonchev–Trinajstić information content (AvgIpc) is 2.70. The maximum absolute atomic E-state index is 13.1. The molecule has 2 aromatic carbocycles. The van der Waals surface area contributed by atoms with Gasteiger partial charge in [-0.05, 0) is 36.4 Å². The Hall–Kier alpha value is -1.88. The van der Waals surface area contributed by atoms with Crippen LogP contribution in [0.25, 0.3) is 11.0 Å². The second-order valence-corrected chi connectivity index (χ2v) is 4.80. The fourth-order valence-electron chi connectivity index (χ4n) is 1.74. The number of nitrogens with one attached hydrogen (secondary N) is 2. The Kier molecular flexibility index (Phi) is 2.76. The molecule has 0 radical (unpaired) electrons. The molecule has 90 valence electrons. The summed E-state index contributed by atoms with van der Waals surface area (Å²) in [5.41, 5.74) is 2.44. The van der Waals surface area contributed by atoms with Gasteiger partial charge in [0.1, 0.15) is 5.82 Å². The molecule has 0 unspecified atom stereocenters. The highest BCUT2D eigenvalue weighted by molar-refractivity contribution is 9.10. The monoisotopic (exact) mass is 305 g/mol. The van der Waals surface area contributed by atoms with Crippen molar-refractivity contribution in [1.29, 1.82) is 0 Å². The number of aromatic nitrogens is 2. The van der Waals surface area contributed by atoms with Gasteiger partial charge in [0.05, 0.1) is 11.0 Å². The zero-order valence-corrected chi connectivity index (χ0v) is 10.8. The summed E-state index contributed by atoms with van der Waals surface area (Å²) in [7, 11) is 0. The van der Waals surface area contributed by atoms with E-state index in [0.29, 0.717) is 11.6 Å². The Morgan fingerprint density at radius 2 is 2.06 bits per heavy atom. The lowest BCUT2D eigenvalue weighted by Crippen LogP contribution is -1.92. The molecule has 0 aliphatic carbocycles. The van der Waals surface area contributed by atoms with E-state index >= 15 is 0 Å². The van der Waals surface area contributed by atoms with E-state index in [2.05, 4.69) is 31.2 Å². The lowest BCUT2D eigenvalue weighted by Gasteiger charge is -2.01. The first-order chi connectivity index (χ1) is 8.70. The van der Waals surface area contributed by atoms with Crippen molar-refractivity contribution in [3.63, 3.8) is 0 Å². The van der Waals surface area contributed by atoms with Crippen molar-refractivity contribution < 1.29 is 4.39 Å². The number of benzene rings is 2. The molecular formula is C13H9BrFN3. The Labute approximate surface area is 111 Å². The lowest BCUT2D eigenvalue weighted by atomic mass is 10.3. The van der Waals surface area contributed by atoms with Crippen molar-refractivity contribution in [3.8, 4) is 0 Å². The number of H-pyrrole nitrogens is 1. The van der Waals surface area contributed by atoms with Crippen LogP contribution in [0.2, 0.25) is 0 Å². The van der Waals surface area contributed by atoms with E-state index in [9.17, 15) is 4.39 Å². The first-order valence-corrected chi connectivity index (χ1v) is 6.18. The predicted molar refractivity (Wildman–Crippen MR) is 73.5 cm³/mol. The van der Waals surface area contributed by atoms with Crippen LogP contribution >= 0.6 is 15.9 Å². The molecule has 3 rings (SSSR count). The van der Waals surface area contributed by atoms with Gasteiger partial charge in [-0.15, -0.1) is 0 Å². The van der Waals surface area contributed by atoms with Crippen LogP contribution < -0.4 is 5.32 Å². The Bertz CT molecular complexity index is 708. The maximum atomic E-state index is 13.1. The van der Waals surface area contributed by atoms with Crippen LogP contribution in [-0.2, 0) is 0 Å². The third-order valence-corrected chi connectivity index (χ3v) is 3.02. The fraction of sp³-hybridized carbons (Fsp3) is 0. The number of hydrogen-bond donors (Lipinski definition) is 2. The van der Waals surface area contributed by atoms with Gasteiger partial charge in [0.15, 0.2) is 0 Å². The van der Waals surface area contributed by atoms with Crippen LogP contribution in [0, 0.1) is 5.82 Å². The summed E-state index contributed by atoms with van der Waals surface area (Å²) < 4.78 is 14.0. The summed E-state index contributed by atoms with van der Waals surface area (Å²) in [5.74, 6) is 0.313. The third-order valence-electron chi connectivity index (χ3n) is 2.53. The smallest absolute Gasteiger partial charge is 0.205 e. The Morgan fingerprint density at radius 3 is 2.89 bits per heavy atom. The normalized spacial score (nSPS) is 10.8. The minimum absolute atomic E-state index is 0.279. The molecule has 0 atom stereocenters. The van der Waals surface area contributed by atoms with E-state index in [-0.39, 0.29) is 5.82 Å². The number of nitrogens with zero attached hydrogens (tertiary/aromatic N) is 1. The van der Waals surface area contributed by atoms with Gasteiger partial charge in [-0.3, -0.25) is 0 Å². The summed E-state index contributed by atoms with van der Waals surface area (Å²) in [6.07, 6.45) is 0. The average molecular weight is 306 g/mol. The van der Waals surface area contributed by atoms with E-state index in [1.54, 1.807) is 12.1 Å². The Morgan fingerprint density at radius 1 is 1.17 bits per heavy atom. The van der Waals surface area contributed by atoms with E-state index in [0.717, 1.165) is 15.5 Å². The van der Waals surface area contributed by atoms with Gasteiger partial charge in [-0.1, -0.05) is 22.0 Å². The van der Waals surface area contributed by atoms with Gasteiger partial charge in [0, 0.05) is 10.2 Å². The van der Waals surface area contributed by atoms with Gasteiger partial charge in [-0.2, -0.15) is 0 Å². The van der Waals surface area contributed by atoms with Crippen molar-refractivity contribution in [2.75, 3.05) is 5.32 Å². The van der Waals surface area contributed by atoms with Crippen molar-refractivity contribution >= 4 is 38.6 Å². The van der Waals surface area contributed by atoms with Crippen LogP contribution in [0.15, 0.2) is 46.9 Å². The molecule has 0 fully saturated rings. The van der Waals surface area contributed by atoms with E-state index < -0.39 is 0 Å². The molecule has 0 bridgehead atoms. The first-order valence-electron chi connectivity index (χ1n) is 5.38. The first kappa shape index (κ1) is 11.2. The topological polar surface area (TPSA) is 40.7 Å². The number of hydrogen-bond acceptors (Lipinski definition) is 2. The van der Waals surface area contributed by atoms with Crippen molar-refractivity contribution in [2.45, 2.75) is 0 Å². The predicted octanol–water partition coefficient (Wildman–Crippen LogP) is 4.21. The summed E-state index contributed by atoms with van der Waals surface area (Å²) >= 11 is 3.40. The molecule has 3 aromatic rings. The summed E-state index contributed by atoms with van der Waals surface area (Å²) in [5, 5.41) is 3.03. The zero-order valence-electron chi connectivity index (χ0n) is 9.24. The van der Waals surface area contributed by atoms with Gasteiger partial charge in [0.25, 0.3) is 0 Å². The summed E-state index contributed by atoms with van der Waals surface area (Å²) in [4.78, 5) is 7.50. The van der Waals surface area contributed by atoms with Crippen molar-refractivity contribution in [3.05, 3.63) is 52.8 Å². The molecule has 0 saturated carbocycles. The largest absolute Gasteiger partial charge is 0.326 e. The molecule has 1 heterocycles. The second-order valence-electron chi connectivity index (χ2n) is 3.88. The van der Waals surface area contributed by atoms with Gasteiger partial charge < -0.3 is 10.3 Å². The molecule has 3 nitrogen and oxygen atoms in total. The number of fused-ring (bicyclic) bond motifs is 1. The van der Waals surface area contributed by atoms with Crippen LogP contribution in [0.1, 0.15) is 0 Å². The molecule has 5 heteroatoms. The van der Waals surface area contributed by atoms with Gasteiger partial charge >= 0.3 is 0 Å². The number of anilines is 2. The molecule has 2 N–H and O–H groups in total. The van der Waals surface area contributed by atoms with Crippen LogP contribution in [0.4, 0.5) is 16.0 Å². The molecule has 18 heavy (non-hydrogen) atoms. The molecule has 0 saturated heterocycles. The second kappa shape index (κ2) is 4.42. The van der Waals surface area contributed by atoms with Gasteiger partial charge in [0.2, 0.25) is 5.95 Å². The van der Waals surface area contributed by atoms with Crippen LogP contribution in [0.5, 0.6) is 0 Å². The van der Waals surface area contributed by atoms with Gasteiger partial charge in [-0.25, -0.2) is 9.37 Å². The number of aromatic amines is 1. The van der Waals surface area contributed by atoms with Crippen LogP contribution in [-0.4, -0.2) is 9.97 Å². The summed E-state index contributed by atoms with van der Waals surface area (Å²) in [6, 6.07) is 12.0. The minimum atomic E-state index is -0.279. The van der Waals surface area contributed by atoms with E-state index in [4.69, 9.17) is 0 Å². The molecule has 0 aliphatic heterocycles. The number of imidazole rings is 1. The van der Waals surface area contributed by atoms with Crippen molar-refractivity contribution in [2.24, 2.45) is 0 Å². The van der Waals surface area contributed by atoms with Crippen LogP contribution in [0.3, 0.4) is 0 Å². The Balaban J connectivity index is 1.95. The highest BCUT2D eigenvalue weighted by atomic mass is 79.9. The molecule has 0 amide bonds. The van der Waals surface area contributed by atoms with E-state index in [1.165, 1.54) is 12.1 Å². The maximum Gasteiger partial charge on any atom is 0.205 e. The minimum Gasteiger partial charge on any atom is -0.326 e.